The van der Waals surface area contributed by atoms with Gasteiger partial charge in [-0.05, 0) is 18.2 Å². The van der Waals surface area contributed by atoms with Crippen LogP contribution in [0.4, 0.5) is 23.2 Å². The standard InChI is InChI=1S/C14H13F4N3O2/c15-12-8-20(13-9(22)2-1-3-10(13)23-12)6-7-21-5-4-11(19-21)14(16,17)18/h1-5,12,22H,6-8H2. The van der Waals surface area contributed by atoms with Gasteiger partial charge in [-0.1, -0.05) is 6.07 Å². The lowest BCUT2D eigenvalue weighted by molar-refractivity contribution is -0.141. The highest BCUT2D eigenvalue weighted by Gasteiger charge is 2.33. The largest absolute Gasteiger partial charge is 0.506 e. The van der Waals surface area contributed by atoms with Crippen LogP contribution >= 0.6 is 0 Å². The fourth-order valence-electron chi connectivity index (χ4n) is 2.43. The van der Waals surface area contributed by atoms with Crippen LogP contribution in [0.1, 0.15) is 5.69 Å². The number of ether oxygens (including phenoxy) is 1. The zero-order chi connectivity index (χ0) is 16.6. The lowest BCUT2D eigenvalue weighted by Crippen LogP contribution is -2.39. The van der Waals surface area contributed by atoms with Gasteiger partial charge in [0.25, 0.3) is 6.36 Å². The second-order valence-corrected chi connectivity index (χ2v) is 5.06. The molecule has 1 N–H and O–H groups in total. The molecule has 3 rings (SSSR count). The lowest BCUT2D eigenvalue weighted by atomic mass is 10.2. The highest BCUT2D eigenvalue weighted by atomic mass is 19.4. The smallest absolute Gasteiger partial charge is 0.435 e. The van der Waals surface area contributed by atoms with Crippen molar-refractivity contribution >= 4 is 5.69 Å². The van der Waals surface area contributed by atoms with Gasteiger partial charge in [-0.25, -0.2) is 0 Å². The van der Waals surface area contributed by atoms with Crippen LogP contribution in [0.2, 0.25) is 0 Å². The number of halogens is 4. The molecule has 9 heteroatoms. The molecule has 0 bridgehead atoms. The van der Waals surface area contributed by atoms with Crippen LogP contribution in [0.5, 0.6) is 11.5 Å². The van der Waals surface area contributed by atoms with Crippen LogP contribution in [0.25, 0.3) is 0 Å². The van der Waals surface area contributed by atoms with Gasteiger partial charge in [-0.3, -0.25) is 4.68 Å². The number of anilines is 1. The molecule has 0 aliphatic carbocycles. The minimum atomic E-state index is -4.50. The van der Waals surface area contributed by atoms with Crippen LogP contribution < -0.4 is 9.64 Å². The average molecular weight is 331 g/mol. The molecule has 0 fully saturated rings. The third kappa shape index (κ3) is 3.17. The summed E-state index contributed by atoms with van der Waals surface area (Å²) in [6.45, 7) is 0.155. The summed E-state index contributed by atoms with van der Waals surface area (Å²) in [5, 5.41) is 13.3. The van der Waals surface area contributed by atoms with Gasteiger partial charge in [0.2, 0.25) is 0 Å². The quantitative estimate of drug-likeness (QED) is 0.879. The number of hydrogen-bond donors (Lipinski definition) is 1. The van der Waals surface area contributed by atoms with Crippen LogP contribution in [-0.2, 0) is 12.7 Å². The SMILES string of the molecule is Oc1cccc2c1N(CCn1ccc(C(F)(F)F)n1)CC(F)O2. The third-order valence-corrected chi connectivity index (χ3v) is 3.44. The molecular weight excluding hydrogens is 318 g/mol. The van der Waals surface area contributed by atoms with E-state index in [-0.39, 0.29) is 31.1 Å². The molecule has 23 heavy (non-hydrogen) atoms. The minimum absolute atomic E-state index is 0.0779. The maximum absolute atomic E-state index is 13.6. The predicted molar refractivity (Wildman–Crippen MR) is 73.1 cm³/mol. The Hall–Kier alpha value is -2.45. The van der Waals surface area contributed by atoms with Gasteiger partial charge in [0.15, 0.2) is 5.69 Å². The van der Waals surface area contributed by atoms with Crippen molar-refractivity contribution in [2.24, 2.45) is 0 Å². The van der Waals surface area contributed by atoms with Crippen molar-refractivity contribution in [3.63, 3.8) is 0 Å². The summed E-state index contributed by atoms with van der Waals surface area (Å²) in [6, 6.07) is 5.35. The number of aromatic nitrogens is 2. The summed E-state index contributed by atoms with van der Waals surface area (Å²) >= 11 is 0. The summed E-state index contributed by atoms with van der Waals surface area (Å²) in [7, 11) is 0. The fourth-order valence-corrected chi connectivity index (χ4v) is 2.43. The van der Waals surface area contributed by atoms with Crippen LogP contribution in [0.3, 0.4) is 0 Å². The molecule has 1 aromatic heterocycles. The lowest BCUT2D eigenvalue weighted by Gasteiger charge is -2.33. The van der Waals surface area contributed by atoms with E-state index in [1.165, 1.54) is 29.3 Å². The highest BCUT2D eigenvalue weighted by Crippen LogP contribution is 2.40. The van der Waals surface area contributed by atoms with Gasteiger partial charge in [0.1, 0.15) is 17.2 Å². The number of benzene rings is 1. The number of rotatable bonds is 3. The summed E-state index contributed by atoms with van der Waals surface area (Å²) in [5.74, 6) is 0.117. The first-order valence-corrected chi connectivity index (χ1v) is 6.83. The van der Waals surface area contributed by atoms with Gasteiger partial charge in [-0.15, -0.1) is 0 Å². The first-order chi connectivity index (χ1) is 10.8. The molecule has 2 heterocycles. The van der Waals surface area contributed by atoms with Crippen molar-refractivity contribution < 1.29 is 27.4 Å². The van der Waals surface area contributed by atoms with Crippen molar-refractivity contribution in [1.29, 1.82) is 0 Å². The van der Waals surface area contributed by atoms with Crippen LogP contribution in [0.15, 0.2) is 30.5 Å². The number of phenolic OH excluding ortho intramolecular Hbond substituents is 1. The molecule has 0 saturated heterocycles. The highest BCUT2D eigenvalue weighted by molar-refractivity contribution is 5.68. The number of hydrogen-bond acceptors (Lipinski definition) is 4. The molecule has 0 spiro atoms. The summed E-state index contributed by atoms with van der Waals surface area (Å²) in [6.07, 6.45) is -4.87. The monoisotopic (exact) mass is 331 g/mol. The van der Waals surface area contributed by atoms with E-state index >= 15 is 0 Å². The normalized spacial score (nSPS) is 17.7. The molecule has 1 aliphatic rings. The number of aromatic hydroxyl groups is 1. The molecule has 124 valence electrons. The Balaban J connectivity index is 1.75. The van der Waals surface area contributed by atoms with Crippen LogP contribution in [0, 0.1) is 0 Å². The van der Waals surface area contributed by atoms with E-state index in [9.17, 15) is 22.7 Å². The minimum Gasteiger partial charge on any atom is -0.506 e. The van der Waals surface area contributed by atoms with E-state index in [1.807, 2.05) is 0 Å². The van der Waals surface area contributed by atoms with Crippen molar-refractivity contribution in [3.8, 4) is 11.5 Å². The second-order valence-electron chi connectivity index (χ2n) is 5.06. The topological polar surface area (TPSA) is 50.5 Å². The van der Waals surface area contributed by atoms with Gasteiger partial charge < -0.3 is 14.7 Å². The van der Waals surface area contributed by atoms with E-state index in [0.29, 0.717) is 5.69 Å². The first kappa shape index (κ1) is 15.4. The third-order valence-electron chi connectivity index (χ3n) is 3.44. The van der Waals surface area contributed by atoms with E-state index in [0.717, 1.165) is 10.7 Å². The Morgan fingerprint density at radius 3 is 2.74 bits per heavy atom. The van der Waals surface area contributed by atoms with E-state index in [4.69, 9.17) is 4.74 Å². The molecule has 1 unspecified atom stereocenters. The average Bonchev–Trinajstić information content (AvgIpc) is 2.93. The molecule has 1 aliphatic heterocycles. The Bertz CT molecular complexity index is 702. The molecule has 5 nitrogen and oxygen atoms in total. The number of nitrogens with zero attached hydrogens (tertiary/aromatic N) is 3. The van der Waals surface area contributed by atoms with Gasteiger partial charge >= 0.3 is 6.18 Å². The molecule has 1 aromatic carbocycles. The molecular formula is C14H13F4N3O2. The zero-order valence-electron chi connectivity index (χ0n) is 11.8. The molecule has 2 aromatic rings. The van der Waals surface area contributed by atoms with Gasteiger partial charge in [-0.2, -0.15) is 22.7 Å². The van der Waals surface area contributed by atoms with E-state index in [2.05, 4.69) is 5.10 Å². The Kier molecular flexibility index (Phi) is 3.78. The van der Waals surface area contributed by atoms with Crippen molar-refractivity contribution in [2.45, 2.75) is 19.1 Å². The van der Waals surface area contributed by atoms with Crippen molar-refractivity contribution in [2.75, 3.05) is 18.0 Å². The zero-order valence-corrected chi connectivity index (χ0v) is 11.8. The van der Waals surface area contributed by atoms with Crippen molar-refractivity contribution in [1.82, 2.24) is 9.78 Å². The van der Waals surface area contributed by atoms with Crippen LogP contribution in [-0.4, -0.2) is 34.3 Å². The van der Waals surface area contributed by atoms with Crippen molar-refractivity contribution in [3.05, 3.63) is 36.2 Å². The molecule has 1 atom stereocenters. The van der Waals surface area contributed by atoms with E-state index in [1.54, 1.807) is 0 Å². The molecule has 0 amide bonds. The Morgan fingerprint density at radius 1 is 1.26 bits per heavy atom. The maximum atomic E-state index is 13.6. The number of alkyl halides is 4. The number of phenols is 1. The van der Waals surface area contributed by atoms with Gasteiger partial charge in [0.05, 0.1) is 13.1 Å². The summed E-state index contributed by atoms with van der Waals surface area (Å²) in [5.41, 5.74) is -0.657. The maximum Gasteiger partial charge on any atom is 0.435 e. The van der Waals surface area contributed by atoms with Gasteiger partial charge in [0, 0.05) is 12.7 Å². The molecule has 0 saturated carbocycles. The van der Waals surface area contributed by atoms with E-state index < -0.39 is 18.2 Å². The predicted octanol–water partition coefficient (Wildman–Crippen LogP) is 2.80. The summed E-state index contributed by atoms with van der Waals surface area (Å²) in [4.78, 5) is 1.52. The Labute approximate surface area is 128 Å². The fraction of sp³-hybridized carbons (Fsp3) is 0.357. The first-order valence-electron chi connectivity index (χ1n) is 6.83. The number of fused-ring (bicyclic) bond motifs is 1. The summed E-state index contributed by atoms with van der Waals surface area (Å²) < 4.78 is 57.3. The molecule has 0 radical (unpaired) electrons. The second kappa shape index (κ2) is 5.64. The Morgan fingerprint density at radius 2 is 2.04 bits per heavy atom. The number of para-hydroxylation sites is 1.